The molecular formula is C17H24F13N2O4S+. The van der Waals surface area contributed by atoms with Gasteiger partial charge in [-0.2, -0.15) is 57.1 Å². The van der Waals surface area contributed by atoms with Crippen molar-refractivity contribution in [3.05, 3.63) is 0 Å². The first-order chi connectivity index (χ1) is 16.0. The van der Waals surface area contributed by atoms with Crippen molar-refractivity contribution in [3.8, 4) is 0 Å². The average molecular weight is 599 g/mol. The predicted octanol–water partition coefficient (Wildman–Crippen LogP) is 4.32. The molecule has 0 aliphatic rings. The normalized spacial score (nSPS) is 15.4. The Morgan fingerprint density at radius 1 is 0.784 bits per heavy atom. The third-order valence-corrected chi connectivity index (χ3v) is 7.17. The van der Waals surface area contributed by atoms with Gasteiger partial charge < -0.3 is 9.59 Å². The number of carboxylic acid groups (broad SMARTS) is 1. The number of alkyl halides is 13. The fraction of sp³-hybridized carbons (Fsp3) is 0.941. The Hall–Kier alpha value is -1.57. The van der Waals surface area contributed by atoms with Gasteiger partial charge in [-0.05, 0) is 0 Å². The molecule has 0 unspecified atom stereocenters. The zero-order valence-corrected chi connectivity index (χ0v) is 20.2. The lowest BCUT2D eigenvalue weighted by molar-refractivity contribution is -0.889. The summed E-state index contributed by atoms with van der Waals surface area (Å²) in [6.07, 6.45) is -10.7. The SMILES string of the molecule is CN(CCC[N+](C)(C)CCC(=O)O)S(=O)(=O)CCC(F)(F)C(F)(F)C(F)(F)C(F)(F)C(F)(F)C(F)(F)F. The van der Waals surface area contributed by atoms with Crippen molar-refractivity contribution in [3.63, 3.8) is 0 Å². The van der Waals surface area contributed by atoms with Crippen molar-refractivity contribution in [1.82, 2.24) is 4.31 Å². The topological polar surface area (TPSA) is 74.7 Å². The first-order valence-corrected chi connectivity index (χ1v) is 11.5. The minimum Gasteiger partial charge on any atom is -0.481 e. The number of hydrogen-bond donors (Lipinski definition) is 1. The van der Waals surface area contributed by atoms with Gasteiger partial charge >= 0.3 is 41.8 Å². The fourth-order valence-electron chi connectivity index (χ4n) is 2.74. The molecule has 0 aromatic heterocycles. The van der Waals surface area contributed by atoms with E-state index >= 15 is 0 Å². The van der Waals surface area contributed by atoms with E-state index in [0.29, 0.717) is 4.31 Å². The molecule has 0 aromatic carbocycles. The van der Waals surface area contributed by atoms with Gasteiger partial charge in [0, 0.05) is 26.4 Å². The van der Waals surface area contributed by atoms with E-state index in [2.05, 4.69) is 0 Å². The predicted molar refractivity (Wildman–Crippen MR) is 101 cm³/mol. The minimum absolute atomic E-state index is 0.0499. The number of carbonyl (C=O) groups is 1. The molecule has 6 nitrogen and oxygen atoms in total. The van der Waals surface area contributed by atoms with E-state index in [0.717, 1.165) is 7.05 Å². The highest BCUT2D eigenvalue weighted by atomic mass is 32.2. The lowest BCUT2D eigenvalue weighted by atomic mass is 9.93. The van der Waals surface area contributed by atoms with Crippen molar-refractivity contribution in [2.24, 2.45) is 0 Å². The second kappa shape index (κ2) is 10.9. The zero-order valence-electron chi connectivity index (χ0n) is 19.3. The van der Waals surface area contributed by atoms with Crippen LogP contribution in [0.5, 0.6) is 0 Å². The van der Waals surface area contributed by atoms with Crippen LogP contribution in [-0.2, 0) is 14.8 Å². The van der Waals surface area contributed by atoms with Gasteiger partial charge in [0.15, 0.2) is 0 Å². The summed E-state index contributed by atoms with van der Waals surface area (Å²) in [4.78, 5) is 10.6. The number of rotatable bonds is 15. The van der Waals surface area contributed by atoms with E-state index in [4.69, 9.17) is 5.11 Å². The molecular weight excluding hydrogens is 575 g/mol. The van der Waals surface area contributed by atoms with Crippen LogP contribution < -0.4 is 0 Å². The van der Waals surface area contributed by atoms with Crippen molar-refractivity contribution >= 4 is 16.0 Å². The van der Waals surface area contributed by atoms with Gasteiger partial charge in [0.2, 0.25) is 10.0 Å². The maximum absolute atomic E-state index is 13.8. The maximum atomic E-state index is 13.8. The monoisotopic (exact) mass is 599 g/mol. The molecule has 37 heavy (non-hydrogen) atoms. The van der Waals surface area contributed by atoms with Gasteiger partial charge in [0.25, 0.3) is 0 Å². The molecule has 20 heteroatoms. The highest BCUT2D eigenvalue weighted by Gasteiger charge is 2.90. The third-order valence-electron chi connectivity index (χ3n) is 5.31. The van der Waals surface area contributed by atoms with Crippen molar-refractivity contribution in [1.29, 1.82) is 0 Å². The molecule has 0 aliphatic carbocycles. The summed E-state index contributed by atoms with van der Waals surface area (Å²) in [7, 11) is -1.12. The summed E-state index contributed by atoms with van der Waals surface area (Å²) >= 11 is 0. The van der Waals surface area contributed by atoms with Gasteiger partial charge in [0.05, 0.1) is 39.4 Å². The van der Waals surface area contributed by atoms with Crippen LogP contribution in [0.4, 0.5) is 57.1 Å². The number of quaternary nitrogens is 1. The van der Waals surface area contributed by atoms with Gasteiger partial charge in [-0.3, -0.25) is 4.79 Å². The largest absolute Gasteiger partial charge is 0.481 e. The van der Waals surface area contributed by atoms with Crippen LogP contribution in [0.25, 0.3) is 0 Å². The molecule has 222 valence electrons. The van der Waals surface area contributed by atoms with Gasteiger partial charge in [-0.25, -0.2) is 12.7 Å². The number of hydrogen-bond acceptors (Lipinski definition) is 3. The molecule has 0 aromatic rings. The summed E-state index contributed by atoms with van der Waals surface area (Å²) in [5.74, 6) is -41.1. The molecule has 0 saturated heterocycles. The number of sulfonamides is 1. The minimum atomic E-state index is -8.05. The molecule has 0 heterocycles. The lowest BCUT2D eigenvalue weighted by Crippen LogP contribution is -2.70. The Labute approximate surface area is 202 Å². The standard InChI is InChI=1S/C17H23F13N2O4S/c1-31(7-4-8-32(2,3)9-5-11(33)34)37(35,36)10-6-12(18,19)13(20,21)14(22,23)15(24,25)16(26,27)17(28,29)30/h4-10H2,1-3H3/p+1. The number of nitrogens with zero attached hydrogens (tertiary/aromatic N) is 2. The molecule has 1 N–H and O–H groups in total. The number of halogens is 13. The number of aliphatic carboxylic acids is 1. The van der Waals surface area contributed by atoms with Crippen LogP contribution in [0.2, 0.25) is 0 Å². The molecule has 0 spiro atoms. The molecule has 0 rings (SSSR count). The van der Waals surface area contributed by atoms with Gasteiger partial charge in [-0.15, -0.1) is 0 Å². The van der Waals surface area contributed by atoms with Crippen molar-refractivity contribution in [2.75, 3.05) is 46.5 Å². The summed E-state index contributed by atoms with van der Waals surface area (Å²) in [6, 6.07) is 0. The summed E-state index contributed by atoms with van der Waals surface area (Å²) in [6.45, 7) is -0.263. The van der Waals surface area contributed by atoms with E-state index < -0.39 is 70.5 Å². The smallest absolute Gasteiger partial charge is 0.460 e. The van der Waals surface area contributed by atoms with E-state index in [1.165, 1.54) is 0 Å². The van der Waals surface area contributed by atoms with Crippen LogP contribution in [0.3, 0.4) is 0 Å². The Morgan fingerprint density at radius 3 is 1.62 bits per heavy atom. The number of carboxylic acids is 1. The summed E-state index contributed by atoms with van der Waals surface area (Å²) in [5.41, 5.74) is 0. The molecule has 0 saturated carbocycles. The fourth-order valence-corrected chi connectivity index (χ4v) is 3.98. The van der Waals surface area contributed by atoms with Crippen LogP contribution in [0.1, 0.15) is 19.3 Å². The molecule has 0 aliphatic heterocycles. The van der Waals surface area contributed by atoms with Crippen LogP contribution in [-0.4, -0.2) is 111 Å². The molecule has 0 bridgehead atoms. The van der Waals surface area contributed by atoms with Crippen LogP contribution in [0, 0.1) is 0 Å². The Bertz CT molecular complexity index is 905. The zero-order chi connectivity index (χ0) is 30.1. The highest BCUT2D eigenvalue weighted by molar-refractivity contribution is 7.89. The quantitative estimate of drug-likeness (QED) is 0.225. The highest BCUT2D eigenvalue weighted by Crippen LogP contribution is 2.60. The second-order valence-corrected chi connectivity index (χ2v) is 11.0. The first kappa shape index (κ1) is 35.4. The molecule has 0 atom stereocenters. The Morgan fingerprint density at radius 2 is 1.22 bits per heavy atom. The first-order valence-electron chi connectivity index (χ1n) is 9.94. The van der Waals surface area contributed by atoms with Crippen molar-refractivity contribution in [2.45, 2.75) is 55.1 Å². The Balaban J connectivity index is 5.56. The van der Waals surface area contributed by atoms with E-state index in [9.17, 15) is 70.3 Å². The maximum Gasteiger partial charge on any atom is 0.460 e. The average Bonchev–Trinajstić information content (AvgIpc) is 2.69. The van der Waals surface area contributed by atoms with Crippen LogP contribution >= 0.6 is 0 Å². The lowest BCUT2D eigenvalue weighted by Gasteiger charge is -2.39. The molecule has 0 radical (unpaired) electrons. The summed E-state index contributed by atoms with van der Waals surface area (Å²) < 4.78 is 195. The van der Waals surface area contributed by atoms with E-state index in [-0.39, 0.29) is 30.4 Å². The van der Waals surface area contributed by atoms with E-state index in [1.807, 2.05) is 0 Å². The second-order valence-electron chi connectivity index (χ2n) is 8.77. The molecule has 0 amide bonds. The third kappa shape index (κ3) is 7.51. The molecule has 0 fully saturated rings. The van der Waals surface area contributed by atoms with Crippen LogP contribution in [0.15, 0.2) is 0 Å². The summed E-state index contributed by atoms with van der Waals surface area (Å²) in [5, 5.41) is 8.66. The van der Waals surface area contributed by atoms with E-state index in [1.54, 1.807) is 14.1 Å². The van der Waals surface area contributed by atoms with Crippen molar-refractivity contribution < 1.29 is 79.9 Å². The van der Waals surface area contributed by atoms with Gasteiger partial charge in [0.1, 0.15) is 0 Å². The Kier molecular flexibility index (Phi) is 10.4. The van der Waals surface area contributed by atoms with Gasteiger partial charge in [-0.1, -0.05) is 0 Å².